The Morgan fingerprint density at radius 2 is 1.86 bits per heavy atom. The summed E-state index contributed by atoms with van der Waals surface area (Å²) in [7, 11) is 0. The first-order valence-corrected chi connectivity index (χ1v) is 12.4. The van der Waals surface area contributed by atoms with E-state index >= 15 is 0 Å². The number of aromatic nitrogens is 1. The Kier molecular flexibility index (Phi) is 9.92. The van der Waals surface area contributed by atoms with Crippen molar-refractivity contribution in [2.24, 2.45) is 11.5 Å². The highest BCUT2D eigenvalue weighted by molar-refractivity contribution is 7.06. The van der Waals surface area contributed by atoms with Crippen molar-refractivity contribution in [1.29, 1.82) is 0 Å². The second kappa shape index (κ2) is 13.1. The number of hydrogen-bond donors (Lipinski definition) is 3. The maximum Gasteiger partial charge on any atom is 0.236 e. The highest BCUT2D eigenvalue weighted by atomic mass is 32.1. The highest BCUT2D eigenvalue weighted by Crippen LogP contribution is 2.31. The third-order valence-corrected chi connectivity index (χ3v) is 6.60. The topological polar surface area (TPSA) is 138 Å². The summed E-state index contributed by atoms with van der Waals surface area (Å²) in [5.74, 6) is 0.407. The van der Waals surface area contributed by atoms with E-state index in [2.05, 4.69) is 10.1 Å². The standard InChI is InChI=1S/C23H22FNO3S.C3H8N2O2/c1-15(27-19-8-10-20(11-9-19)28-18-4-2-3-5-18)23-13-22(25-29-23)16-6-7-17(14-26)21(24)12-16;4-2(1-6)3(5)7/h6-15,18H,2-5H2,1H3;2,6H,1,4H2,(H2,5,7). The van der Waals surface area contributed by atoms with Gasteiger partial charge in [-0.05, 0) is 86.6 Å². The van der Waals surface area contributed by atoms with Gasteiger partial charge in [-0.25, -0.2) is 4.39 Å². The number of ether oxygens (including phenoxy) is 2. The maximum atomic E-state index is 13.9. The van der Waals surface area contributed by atoms with Crippen LogP contribution in [-0.4, -0.2) is 40.4 Å². The van der Waals surface area contributed by atoms with Crippen molar-refractivity contribution in [2.45, 2.75) is 50.9 Å². The molecular weight excluding hydrogens is 485 g/mol. The summed E-state index contributed by atoms with van der Waals surface area (Å²) in [4.78, 5) is 21.6. The second-order valence-electron chi connectivity index (χ2n) is 8.42. The molecule has 4 rings (SSSR count). The molecule has 10 heteroatoms. The number of amides is 1. The molecule has 1 aliphatic rings. The smallest absolute Gasteiger partial charge is 0.236 e. The van der Waals surface area contributed by atoms with E-state index in [0.717, 1.165) is 29.2 Å². The van der Waals surface area contributed by atoms with Crippen LogP contribution in [0.25, 0.3) is 11.3 Å². The molecule has 2 unspecified atom stereocenters. The number of nitrogens with zero attached hydrogens (tertiary/aromatic N) is 1. The molecule has 1 heterocycles. The van der Waals surface area contributed by atoms with E-state index in [0.29, 0.717) is 23.6 Å². The SMILES string of the molecule is CC(Oc1ccc(OC2CCCC2)cc1)c1cc(-c2ccc(C=O)c(F)c2)ns1.NC(=O)C(N)CO. The van der Waals surface area contributed by atoms with E-state index in [-0.39, 0.29) is 18.3 Å². The zero-order valence-electron chi connectivity index (χ0n) is 19.9. The fourth-order valence-corrected chi connectivity index (χ4v) is 4.27. The molecule has 192 valence electrons. The van der Waals surface area contributed by atoms with Gasteiger partial charge in [-0.15, -0.1) is 0 Å². The molecule has 1 fully saturated rings. The lowest BCUT2D eigenvalue weighted by Gasteiger charge is -2.15. The quantitative estimate of drug-likeness (QED) is 0.366. The minimum absolute atomic E-state index is 0.0428. The number of primary amides is 1. The minimum atomic E-state index is -0.903. The Balaban J connectivity index is 0.000000454. The van der Waals surface area contributed by atoms with Crippen LogP contribution in [0.1, 0.15) is 53.9 Å². The average Bonchev–Trinajstić information content (AvgIpc) is 3.57. The van der Waals surface area contributed by atoms with E-state index in [1.165, 1.54) is 36.5 Å². The van der Waals surface area contributed by atoms with Gasteiger partial charge in [0.05, 0.1) is 28.8 Å². The van der Waals surface area contributed by atoms with Crippen molar-refractivity contribution in [3.8, 4) is 22.8 Å². The summed E-state index contributed by atoms with van der Waals surface area (Å²) >= 11 is 1.32. The van der Waals surface area contributed by atoms with Crippen LogP contribution in [0.15, 0.2) is 48.5 Å². The Morgan fingerprint density at radius 3 is 2.42 bits per heavy atom. The molecule has 1 aliphatic carbocycles. The molecule has 0 saturated heterocycles. The largest absolute Gasteiger partial charge is 0.490 e. The molecule has 8 nitrogen and oxygen atoms in total. The summed E-state index contributed by atoms with van der Waals surface area (Å²) in [6.07, 6.45) is 5.40. The number of benzene rings is 2. The molecule has 36 heavy (non-hydrogen) atoms. The fraction of sp³-hybridized carbons (Fsp3) is 0.346. The predicted octanol–water partition coefficient (Wildman–Crippen LogP) is 4.01. The third kappa shape index (κ3) is 7.58. The molecule has 0 bridgehead atoms. The van der Waals surface area contributed by atoms with Crippen LogP contribution in [0.2, 0.25) is 0 Å². The molecule has 1 amide bonds. The van der Waals surface area contributed by atoms with Gasteiger partial charge in [-0.1, -0.05) is 6.07 Å². The number of carbonyl (C=O) groups excluding carboxylic acids is 2. The van der Waals surface area contributed by atoms with E-state index in [9.17, 15) is 14.0 Å². The van der Waals surface area contributed by atoms with Gasteiger partial charge in [-0.3, -0.25) is 9.59 Å². The minimum Gasteiger partial charge on any atom is -0.490 e. The Labute approximate surface area is 213 Å². The van der Waals surface area contributed by atoms with Gasteiger partial charge in [-0.2, -0.15) is 4.37 Å². The summed E-state index contributed by atoms with van der Waals surface area (Å²) in [5.41, 5.74) is 10.9. The number of aliphatic hydroxyl groups is 1. The van der Waals surface area contributed by atoms with Crippen molar-refractivity contribution < 1.29 is 28.6 Å². The molecule has 1 aromatic heterocycles. The van der Waals surface area contributed by atoms with Crippen LogP contribution < -0.4 is 20.9 Å². The first-order valence-electron chi connectivity index (χ1n) is 11.6. The van der Waals surface area contributed by atoms with Crippen molar-refractivity contribution in [2.75, 3.05) is 6.61 Å². The fourth-order valence-electron chi connectivity index (χ4n) is 3.55. The van der Waals surface area contributed by atoms with Gasteiger partial charge >= 0.3 is 0 Å². The van der Waals surface area contributed by atoms with E-state index < -0.39 is 17.8 Å². The van der Waals surface area contributed by atoms with Crippen LogP contribution in [-0.2, 0) is 4.79 Å². The Hall–Kier alpha value is -3.34. The van der Waals surface area contributed by atoms with Crippen molar-refractivity contribution in [1.82, 2.24) is 4.37 Å². The normalized spacial score (nSPS) is 14.9. The zero-order valence-corrected chi connectivity index (χ0v) is 20.7. The number of carbonyl (C=O) groups is 2. The van der Waals surface area contributed by atoms with Gasteiger partial charge in [0.2, 0.25) is 5.91 Å². The monoisotopic (exact) mass is 515 g/mol. The molecular formula is C26H30FN3O5S. The molecule has 0 aliphatic heterocycles. The Bertz CT molecular complexity index is 1150. The van der Waals surface area contributed by atoms with E-state index in [1.807, 2.05) is 37.3 Å². The summed E-state index contributed by atoms with van der Waals surface area (Å²) in [6, 6.07) is 13.2. The highest BCUT2D eigenvalue weighted by Gasteiger charge is 2.17. The van der Waals surface area contributed by atoms with Crippen LogP contribution in [0, 0.1) is 5.82 Å². The summed E-state index contributed by atoms with van der Waals surface area (Å²) in [6.45, 7) is 1.58. The van der Waals surface area contributed by atoms with Gasteiger partial charge < -0.3 is 26.0 Å². The Morgan fingerprint density at radius 1 is 1.19 bits per heavy atom. The predicted molar refractivity (Wildman–Crippen MR) is 136 cm³/mol. The van der Waals surface area contributed by atoms with Crippen molar-refractivity contribution in [3.63, 3.8) is 0 Å². The first kappa shape index (κ1) is 27.3. The zero-order chi connectivity index (χ0) is 26.1. The lowest BCUT2D eigenvalue weighted by Crippen LogP contribution is -2.39. The van der Waals surface area contributed by atoms with Crippen LogP contribution in [0.5, 0.6) is 11.5 Å². The number of rotatable bonds is 9. The van der Waals surface area contributed by atoms with Crippen LogP contribution >= 0.6 is 11.5 Å². The molecule has 2 aromatic carbocycles. The van der Waals surface area contributed by atoms with Crippen LogP contribution in [0.4, 0.5) is 4.39 Å². The summed E-state index contributed by atoms with van der Waals surface area (Å²) in [5, 5.41) is 8.08. The third-order valence-electron chi connectivity index (χ3n) is 5.66. The lowest BCUT2D eigenvalue weighted by molar-refractivity contribution is -0.120. The molecule has 2 atom stereocenters. The maximum absolute atomic E-state index is 13.9. The second-order valence-corrected chi connectivity index (χ2v) is 9.25. The number of nitrogens with two attached hydrogens (primary N) is 2. The van der Waals surface area contributed by atoms with E-state index in [4.69, 9.17) is 20.3 Å². The molecule has 0 radical (unpaired) electrons. The molecule has 0 spiro atoms. The average molecular weight is 516 g/mol. The van der Waals surface area contributed by atoms with Gasteiger partial charge in [0.15, 0.2) is 6.29 Å². The lowest BCUT2D eigenvalue weighted by atomic mass is 10.1. The van der Waals surface area contributed by atoms with Gasteiger partial charge in [0, 0.05) is 5.56 Å². The van der Waals surface area contributed by atoms with Crippen LogP contribution in [0.3, 0.4) is 0 Å². The molecule has 3 aromatic rings. The summed E-state index contributed by atoms with van der Waals surface area (Å²) < 4.78 is 30.3. The number of halogens is 1. The van der Waals surface area contributed by atoms with Gasteiger partial charge in [0.1, 0.15) is 29.5 Å². The van der Waals surface area contributed by atoms with E-state index in [1.54, 1.807) is 6.07 Å². The van der Waals surface area contributed by atoms with Gasteiger partial charge in [0.25, 0.3) is 0 Å². The van der Waals surface area contributed by atoms with Crippen molar-refractivity contribution >= 4 is 23.7 Å². The first-order chi connectivity index (χ1) is 17.3. The number of aldehydes is 1. The number of hydrogen-bond acceptors (Lipinski definition) is 8. The molecule has 1 saturated carbocycles. The number of aliphatic hydroxyl groups excluding tert-OH is 1. The van der Waals surface area contributed by atoms with Crippen molar-refractivity contribution in [3.05, 3.63) is 64.8 Å². The molecule has 5 N–H and O–H groups in total.